The molecule has 2 aromatic rings. The minimum atomic E-state index is 0.377. The van der Waals surface area contributed by atoms with Crippen molar-refractivity contribution in [2.75, 3.05) is 0 Å². The Morgan fingerprint density at radius 2 is 2.12 bits per heavy atom. The van der Waals surface area contributed by atoms with Crippen molar-refractivity contribution >= 4 is 27.3 Å². The molecule has 1 heterocycles. The molecule has 16 heavy (non-hydrogen) atoms. The van der Waals surface area contributed by atoms with Crippen LogP contribution in [0, 0.1) is 13.8 Å². The number of alkyl halides is 1. The van der Waals surface area contributed by atoms with Gasteiger partial charge in [0.15, 0.2) is 0 Å². The molecule has 0 radical (unpaired) electrons. The first-order chi connectivity index (χ1) is 7.66. The van der Waals surface area contributed by atoms with Gasteiger partial charge < -0.3 is 0 Å². The van der Waals surface area contributed by atoms with E-state index in [2.05, 4.69) is 53.0 Å². The molecule has 0 saturated carbocycles. The Morgan fingerprint density at radius 1 is 1.31 bits per heavy atom. The highest BCUT2D eigenvalue weighted by molar-refractivity contribution is 9.09. The van der Waals surface area contributed by atoms with Gasteiger partial charge in [0.25, 0.3) is 0 Å². The molecule has 0 fully saturated rings. The van der Waals surface area contributed by atoms with Crippen molar-refractivity contribution in [3.8, 4) is 0 Å². The van der Waals surface area contributed by atoms with Crippen LogP contribution in [0.3, 0.4) is 0 Å². The fourth-order valence-electron chi connectivity index (χ4n) is 1.62. The monoisotopic (exact) mass is 295 g/mol. The van der Waals surface area contributed by atoms with E-state index in [9.17, 15) is 0 Å². The van der Waals surface area contributed by atoms with Crippen molar-refractivity contribution in [3.05, 3.63) is 51.5 Å². The Balaban J connectivity index is 2.12. The van der Waals surface area contributed by atoms with E-state index in [0.717, 1.165) is 6.42 Å². The first kappa shape index (κ1) is 11.8. The third-order valence-corrected chi connectivity index (χ3v) is 4.76. The Labute approximate surface area is 109 Å². The molecule has 3 heteroatoms. The maximum Gasteiger partial charge on any atom is 0.0794 e. The normalized spacial score (nSPS) is 12.7. The molecule has 0 aliphatic heterocycles. The van der Waals surface area contributed by atoms with Crippen molar-refractivity contribution in [2.45, 2.75) is 25.1 Å². The van der Waals surface area contributed by atoms with Gasteiger partial charge in [-0.05, 0) is 37.0 Å². The fraction of sp³-hybridized carbons (Fsp3) is 0.308. The maximum atomic E-state index is 4.11. The Morgan fingerprint density at radius 3 is 2.75 bits per heavy atom. The molecule has 0 bridgehead atoms. The van der Waals surface area contributed by atoms with E-state index in [-0.39, 0.29) is 0 Å². The number of benzene rings is 1. The predicted octanol–water partition coefficient (Wildman–Crippen LogP) is 4.44. The van der Waals surface area contributed by atoms with E-state index in [1.54, 1.807) is 11.3 Å². The summed E-state index contributed by atoms with van der Waals surface area (Å²) >= 11 is 5.41. The molecule has 0 aliphatic carbocycles. The van der Waals surface area contributed by atoms with E-state index in [4.69, 9.17) is 0 Å². The second-order valence-electron chi connectivity index (χ2n) is 3.99. The molecular formula is C13H14BrNS. The number of halogens is 1. The van der Waals surface area contributed by atoms with Crippen molar-refractivity contribution in [3.63, 3.8) is 0 Å². The van der Waals surface area contributed by atoms with Gasteiger partial charge >= 0.3 is 0 Å². The first-order valence-electron chi connectivity index (χ1n) is 5.25. The lowest BCUT2D eigenvalue weighted by molar-refractivity contribution is 0.961. The molecule has 1 atom stereocenters. The highest BCUT2D eigenvalue weighted by Gasteiger charge is 2.10. The third kappa shape index (κ3) is 2.71. The smallest absolute Gasteiger partial charge is 0.0794 e. The van der Waals surface area contributed by atoms with Crippen LogP contribution < -0.4 is 0 Å². The lowest BCUT2D eigenvalue weighted by Gasteiger charge is -2.09. The van der Waals surface area contributed by atoms with Crippen LogP contribution >= 0.6 is 27.3 Å². The number of nitrogens with zero attached hydrogens (tertiary/aromatic N) is 1. The molecule has 1 nitrogen and oxygen atoms in total. The number of hydrogen-bond donors (Lipinski definition) is 0. The highest BCUT2D eigenvalue weighted by Crippen LogP contribution is 2.29. The number of thiazole rings is 1. The second-order valence-corrected chi connectivity index (χ2v) is 6.02. The van der Waals surface area contributed by atoms with Gasteiger partial charge in [-0.3, -0.25) is 4.98 Å². The van der Waals surface area contributed by atoms with Crippen LogP contribution in [0.15, 0.2) is 29.9 Å². The zero-order chi connectivity index (χ0) is 11.5. The lowest BCUT2D eigenvalue weighted by Crippen LogP contribution is -1.94. The van der Waals surface area contributed by atoms with Crippen LogP contribution in [0.2, 0.25) is 0 Å². The summed E-state index contributed by atoms with van der Waals surface area (Å²) in [7, 11) is 0. The average molecular weight is 296 g/mol. The van der Waals surface area contributed by atoms with E-state index >= 15 is 0 Å². The summed E-state index contributed by atoms with van der Waals surface area (Å²) in [5, 5.41) is 0. The summed E-state index contributed by atoms with van der Waals surface area (Å²) in [6.07, 6.45) is 2.95. The van der Waals surface area contributed by atoms with E-state index < -0.39 is 0 Å². The largest absolute Gasteiger partial charge is 0.253 e. The Bertz CT molecular complexity index is 465. The van der Waals surface area contributed by atoms with Crippen LogP contribution in [-0.2, 0) is 6.42 Å². The lowest BCUT2D eigenvalue weighted by atomic mass is 10.0. The van der Waals surface area contributed by atoms with Crippen molar-refractivity contribution in [1.29, 1.82) is 0 Å². The minimum absolute atomic E-state index is 0.377. The maximum absolute atomic E-state index is 4.11. The first-order valence-corrected chi connectivity index (χ1v) is 7.05. The minimum Gasteiger partial charge on any atom is -0.253 e. The predicted molar refractivity (Wildman–Crippen MR) is 73.4 cm³/mol. The van der Waals surface area contributed by atoms with E-state index in [1.807, 2.05) is 11.7 Å². The molecule has 84 valence electrons. The number of rotatable bonds is 3. The standard InChI is InChI=1S/C13H14BrNS/c1-9-3-4-11(5-10(9)2)6-12(14)13-7-15-8-16-13/h3-5,7-8,12H,6H2,1-2H3. The highest BCUT2D eigenvalue weighted by atomic mass is 79.9. The van der Waals surface area contributed by atoms with E-state index in [1.165, 1.54) is 21.6 Å². The molecule has 0 spiro atoms. The molecule has 1 aromatic carbocycles. The molecule has 0 saturated heterocycles. The van der Waals surface area contributed by atoms with Crippen molar-refractivity contribution in [1.82, 2.24) is 4.98 Å². The van der Waals surface area contributed by atoms with Crippen LogP contribution in [0.25, 0.3) is 0 Å². The van der Waals surface area contributed by atoms with Crippen molar-refractivity contribution < 1.29 is 0 Å². The van der Waals surface area contributed by atoms with Gasteiger partial charge in [0.1, 0.15) is 0 Å². The summed E-state index contributed by atoms with van der Waals surface area (Å²) in [5.74, 6) is 0. The number of aryl methyl sites for hydroxylation is 2. The molecular weight excluding hydrogens is 282 g/mol. The van der Waals surface area contributed by atoms with Gasteiger partial charge in [-0.25, -0.2) is 0 Å². The quantitative estimate of drug-likeness (QED) is 0.763. The van der Waals surface area contributed by atoms with Crippen LogP contribution in [0.1, 0.15) is 26.4 Å². The average Bonchev–Trinajstić information content (AvgIpc) is 2.77. The molecule has 0 N–H and O–H groups in total. The van der Waals surface area contributed by atoms with Crippen LogP contribution in [0.5, 0.6) is 0 Å². The van der Waals surface area contributed by atoms with Crippen LogP contribution in [0.4, 0.5) is 0 Å². The summed E-state index contributed by atoms with van der Waals surface area (Å²) in [6.45, 7) is 4.31. The molecule has 1 unspecified atom stereocenters. The van der Waals surface area contributed by atoms with Gasteiger partial charge in [0.05, 0.1) is 10.3 Å². The topological polar surface area (TPSA) is 12.9 Å². The van der Waals surface area contributed by atoms with Gasteiger partial charge in [0, 0.05) is 11.1 Å². The fourth-order valence-corrected chi connectivity index (χ4v) is 3.03. The summed E-state index contributed by atoms with van der Waals surface area (Å²) < 4.78 is 0. The number of aromatic nitrogens is 1. The second kappa shape index (κ2) is 5.11. The molecule has 1 aromatic heterocycles. The van der Waals surface area contributed by atoms with Crippen LogP contribution in [-0.4, -0.2) is 4.98 Å². The molecule has 2 rings (SSSR count). The van der Waals surface area contributed by atoms with E-state index in [0.29, 0.717) is 4.83 Å². The zero-order valence-electron chi connectivity index (χ0n) is 9.40. The summed E-state index contributed by atoms with van der Waals surface area (Å²) in [4.78, 5) is 5.77. The van der Waals surface area contributed by atoms with Crippen molar-refractivity contribution in [2.24, 2.45) is 0 Å². The summed E-state index contributed by atoms with van der Waals surface area (Å²) in [5.41, 5.74) is 5.97. The van der Waals surface area contributed by atoms with Gasteiger partial charge in [-0.15, -0.1) is 11.3 Å². The van der Waals surface area contributed by atoms with Gasteiger partial charge in [0.2, 0.25) is 0 Å². The molecule has 0 aliphatic rings. The molecule has 0 amide bonds. The third-order valence-electron chi connectivity index (χ3n) is 2.75. The Kier molecular flexibility index (Phi) is 3.77. The SMILES string of the molecule is Cc1ccc(CC(Br)c2cncs2)cc1C. The van der Waals surface area contributed by atoms with Gasteiger partial charge in [-0.2, -0.15) is 0 Å². The Hall–Kier alpha value is -0.670. The summed E-state index contributed by atoms with van der Waals surface area (Å²) in [6, 6.07) is 6.67. The number of hydrogen-bond acceptors (Lipinski definition) is 2. The van der Waals surface area contributed by atoms with Gasteiger partial charge in [-0.1, -0.05) is 34.1 Å². The zero-order valence-corrected chi connectivity index (χ0v) is 11.8.